The molecular formula is C11H12N2O4. The van der Waals surface area contributed by atoms with Crippen LogP contribution in [0.2, 0.25) is 0 Å². The van der Waals surface area contributed by atoms with E-state index in [1.54, 1.807) is 31.2 Å². The summed E-state index contributed by atoms with van der Waals surface area (Å²) in [5.74, 6) is 0.608. The molecule has 0 aliphatic rings. The second-order valence-corrected chi connectivity index (χ2v) is 3.53. The highest BCUT2D eigenvalue weighted by molar-refractivity contribution is 5.27. The SMILES string of the molecule is Cc1nonc1COc1ccc(C(O)O)cc1. The molecule has 17 heavy (non-hydrogen) atoms. The van der Waals surface area contributed by atoms with Crippen LogP contribution in [-0.2, 0) is 6.61 Å². The second kappa shape index (κ2) is 4.94. The molecule has 0 amide bonds. The number of ether oxygens (including phenoxy) is 1. The van der Waals surface area contributed by atoms with E-state index in [-0.39, 0.29) is 6.61 Å². The van der Waals surface area contributed by atoms with Crippen LogP contribution in [0.4, 0.5) is 0 Å². The van der Waals surface area contributed by atoms with Crippen LogP contribution in [-0.4, -0.2) is 20.5 Å². The van der Waals surface area contributed by atoms with Crippen molar-refractivity contribution in [2.45, 2.75) is 19.8 Å². The molecule has 6 nitrogen and oxygen atoms in total. The van der Waals surface area contributed by atoms with Crippen molar-refractivity contribution in [3.63, 3.8) is 0 Å². The highest BCUT2D eigenvalue weighted by Gasteiger charge is 2.06. The fourth-order valence-electron chi connectivity index (χ4n) is 1.27. The van der Waals surface area contributed by atoms with Gasteiger partial charge in [-0.25, -0.2) is 4.63 Å². The number of hydrogen-bond acceptors (Lipinski definition) is 6. The number of rotatable bonds is 4. The van der Waals surface area contributed by atoms with Crippen molar-refractivity contribution in [1.29, 1.82) is 0 Å². The fraction of sp³-hybridized carbons (Fsp3) is 0.273. The first kappa shape index (κ1) is 11.6. The molecule has 1 aromatic heterocycles. The van der Waals surface area contributed by atoms with Gasteiger partial charge in [0.2, 0.25) is 0 Å². The monoisotopic (exact) mass is 236 g/mol. The molecule has 0 aliphatic heterocycles. The minimum atomic E-state index is -1.47. The predicted molar refractivity (Wildman–Crippen MR) is 57.0 cm³/mol. The van der Waals surface area contributed by atoms with E-state index in [1.807, 2.05) is 0 Å². The Balaban J connectivity index is 1.98. The third kappa shape index (κ3) is 2.80. The van der Waals surface area contributed by atoms with Crippen molar-refractivity contribution in [2.75, 3.05) is 0 Å². The summed E-state index contributed by atoms with van der Waals surface area (Å²) in [5, 5.41) is 25.1. The summed E-state index contributed by atoms with van der Waals surface area (Å²) in [6.07, 6.45) is -1.47. The van der Waals surface area contributed by atoms with Gasteiger partial charge in [-0.3, -0.25) is 0 Å². The summed E-state index contributed by atoms with van der Waals surface area (Å²) < 4.78 is 9.98. The van der Waals surface area contributed by atoms with Crippen molar-refractivity contribution >= 4 is 0 Å². The molecule has 0 saturated carbocycles. The second-order valence-electron chi connectivity index (χ2n) is 3.53. The molecule has 0 radical (unpaired) electrons. The Labute approximate surface area is 97.4 Å². The molecule has 2 aromatic rings. The van der Waals surface area contributed by atoms with Gasteiger partial charge in [-0.2, -0.15) is 0 Å². The van der Waals surface area contributed by atoms with Crippen LogP contribution >= 0.6 is 0 Å². The molecule has 6 heteroatoms. The van der Waals surface area contributed by atoms with Crippen molar-refractivity contribution in [2.24, 2.45) is 0 Å². The van der Waals surface area contributed by atoms with Gasteiger partial charge in [0.05, 0.1) is 0 Å². The number of hydrogen-bond donors (Lipinski definition) is 2. The summed E-state index contributed by atoms with van der Waals surface area (Å²) in [7, 11) is 0. The molecule has 1 heterocycles. The third-order valence-electron chi connectivity index (χ3n) is 2.30. The zero-order valence-corrected chi connectivity index (χ0v) is 9.20. The molecule has 2 N–H and O–H groups in total. The van der Waals surface area contributed by atoms with Gasteiger partial charge in [-0.15, -0.1) is 0 Å². The van der Waals surface area contributed by atoms with Crippen LogP contribution in [0.25, 0.3) is 0 Å². The normalized spacial score (nSPS) is 10.8. The van der Waals surface area contributed by atoms with Crippen LogP contribution in [0.1, 0.15) is 23.2 Å². The molecule has 0 bridgehead atoms. The Hall–Kier alpha value is -1.92. The molecule has 2 rings (SSSR count). The smallest absolute Gasteiger partial charge is 0.178 e. The summed E-state index contributed by atoms with van der Waals surface area (Å²) >= 11 is 0. The van der Waals surface area contributed by atoms with E-state index in [0.29, 0.717) is 22.7 Å². The summed E-state index contributed by atoms with van der Waals surface area (Å²) in [6.45, 7) is 2.04. The van der Waals surface area contributed by atoms with Gasteiger partial charge in [0.15, 0.2) is 6.29 Å². The Morgan fingerprint density at radius 2 is 1.94 bits per heavy atom. The first-order valence-corrected chi connectivity index (χ1v) is 5.04. The molecule has 0 saturated heterocycles. The molecule has 90 valence electrons. The van der Waals surface area contributed by atoms with Crippen LogP contribution in [0.3, 0.4) is 0 Å². The van der Waals surface area contributed by atoms with Gasteiger partial charge in [0.1, 0.15) is 23.7 Å². The zero-order valence-electron chi connectivity index (χ0n) is 9.20. The molecule has 0 aliphatic carbocycles. The Kier molecular flexibility index (Phi) is 3.36. The van der Waals surface area contributed by atoms with Crippen LogP contribution in [0.15, 0.2) is 28.9 Å². The summed E-state index contributed by atoms with van der Waals surface area (Å²) in [4.78, 5) is 0. The van der Waals surface area contributed by atoms with Gasteiger partial charge in [0.25, 0.3) is 0 Å². The van der Waals surface area contributed by atoms with E-state index in [4.69, 9.17) is 14.9 Å². The summed E-state index contributed by atoms with van der Waals surface area (Å²) in [5.41, 5.74) is 1.74. The lowest BCUT2D eigenvalue weighted by molar-refractivity contribution is -0.0425. The first-order chi connectivity index (χ1) is 8.16. The van der Waals surface area contributed by atoms with E-state index in [9.17, 15) is 0 Å². The minimum Gasteiger partial charge on any atom is -0.487 e. The van der Waals surface area contributed by atoms with Gasteiger partial charge in [0, 0.05) is 5.56 Å². The highest BCUT2D eigenvalue weighted by Crippen LogP contribution is 2.17. The molecular weight excluding hydrogens is 224 g/mol. The maximum Gasteiger partial charge on any atom is 0.178 e. The van der Waals surface area contributed by atoms with E-state index >= 15 is 0 Å². The van der Waals surface area contributed by atoms with Crippen molar-refractivity contribution in [3.05, 3.63) is 41.2 Å². The van der Waals surface area contributed by atoms with E-state index in [1.165, 1.54) is 0 Å². The van der Waals surface area contributed by atoms with Gasteiger partial charge >= 0.3 is 0 Å². The lowest BCUT2D eigenvalue weighted by Gasteiger charge is -2.06. The Morgan fingerprint density at radius 3 is 2.47 bits per heavy atom. The largest absolute Gasteiger partial charge is 0.487 e. The van der Waals surface area contributed by atoms with Crippen molar-refractivity contribution < 1.29 is 19.6 Å². The molecule has 1 aromatic carbocycles. The maximum atomic E-state index is 8.92. The predicted octanol–water partition coefficient (Wildman–Crippen LogP) is 0.940. The number of benzene rings is 1. The molecule has 0 spiro atoms. The number of nitrogens with zero attached hydrogens (tertiary/aromatic N) is 2. The van der Waals surface area contributed by atoms with E-state index in [2.05, 4.69) is 14.9 Å². The zero-order chi connectivity index (χ0) is 12.3. The number of aliphatic hydroxyl groups is 2. The van der Waals surface area contributed by atoms with Crippen LogP contribution < -0.4 is 4.74 Å². The van der Waals surface area contributed by atoms with Gasteiger partial charge in [-0.05, 0) is 19.1 Å². The van der Waals surface area contributed by atoms with E-state index < -0.39 is 6.29 Å². The van der Waals surface area contributed by atoms with Crippen molar-refractivity contribution in [3.8, 4) is 5.75 Å². The lowest BCUT2D eigenvalue weighted by atomic mass is 10.2. The molecule has 0 fully saturated rings. The average Bonchev–Trinajstić information content (AvgIpc) is 2.73. The quantitative estimate of drug-likeness (QED) is 0.768. The lowest BCUT2D eigenvalue weighted by Crippen LogP contribution is -1.99. The standard InChI is InChI=1S/C11H12N2O4/c1-7-10(13-17-12-7)6-16-9-4-2-8(3-5-9)11(14)15/h2-5,11,14-15H,6H2,1H3. The highest BCUT2D eigenvalue weighted by atomic mass is 16.6. The fourth-order valence-corrected chi connectivity index (χ4v) is 1.27. The topological polar surface area (TPSA) is 88.6 Å². The number of aromatic nitrogens is 2. The summed E-state index contributed by atoms with van der Waals surface area (Å²) in [6, 6.07) is 6.46. The number of aliphatic hydroxyl groups excluding tert-OH is 1. The van der Waals surface area contributed by atoms with Crippen LogP contribution in [0.5, 0.6) is 5.75 Å². The average molecular weight is 236 g/mol. The van der Waals surface area contributed by atoms with Gasteiger partial charge < -0.3 is 14.9 Å². The third-order valence-corrected chi connectivity index (χ3v) is 2.30. The van der Waals surface area contributed by atoms with Crippen LogP contribution in [0, 0.1) is 6.92 Å². The van der Waals surface area contributed by atoms with Crippen molar-refractivity contribution in [1.82, 2.24) is 10.3 Å². The molecule has 0 unspecified atom stereocenters. The minimum absolute atomic E-state index is 0.260. The first-order valence-electron chi connectivity index (χ1n) is 5.04. The Bertz CT molecular complexity index is 478. The van der Waals surface area contributed by atoms with Gasteiger partial charge in [-0.1, -0.05) is 22.4 Å². The molecule has 0 atom stereocenters. The number of aryl methyl sites for hydroxylation is 1. The van der Waals surface area contributed by atoms with E-state index in [0.717, 1.165) is 0 Å². The maximum absolute atomic E-state index is 8.92. The Morgan fingerprint density at radius 1 is 1.24 bits per heavy atom.